The van der Waals surface area contributed by atoms with Crippen molar-refractivity contribution >= 4 is 29.1 Å². The molecule has 3 rings (SSSR count). The van der Waals surface area contributed by atoms with Crippen molar-refractivity contribution in [3.63, 3.8) is 0 Å². The van der Waals surface area contributed by atoms with Crippen LogP contribution in [0.2, 0.25) is 5.28 Å². The predicted octanol–water partition coefficient (Wildman–Crippen LogP) is 2.92. The first-order valence-corrected chi connectivity index (χ1v) is 10.7. The number of piperazine rings is 1. The molecule has 0 bridgehead atoms. The number of carbonyl (C=O) groups is 2. The highest BCUT2D eigenvalue weighted by molar-refractivity contribution is 6.28. The van der Waals surface area contributed by atoms with Gasteiger partial charge < -0.3 is 20.2 Å². The fourth-order valence-electron chi connectivity index (χ4n) is 3.35. The van der Waals surface area contributed by atoms with Gasteiger partial charge in [0.25, 0.3) is 5.91 Å². The van der Waals surface area contributed by atoms with E-state index in [2.05, 4.69) is 36.1 Å². The number of nitrogens with zero attached hydrogens (tertiary/aromatic N) is 4. The molecule has 0 saturated carbocycles. The van der Waals surface area contributed by atoms with Gasteiger partial charge in [-0.3, -0.25) is 9.59 Å². The quantitative estimate of drug-likeness (QED) is 0.524. The third-order valence-corrected chi connectivity index (χ3v) is 6.07. The molecule has 166 valence electrons. The van der Waals surface area contributed by atoms with Gasteiger partial charge in [-0.25, -0.2) is 9.97 Å². The van der Waals surface area contributed by atoms with Crippen LogP contribution < -0.4 is 5.32 Å². The summed E-state index contributed by atoms with van der Waals surface area (Å²) in [7, 11) is 0. The van der Waals surface area contributed by atoms with Crippen LogP contribution in [0.4, 0.5) is 5.69 Å². The first-order chi connectivity index (χ1) is 14.7. The number of benzene rings is 1. The van der Waals surface area contributed by atoms with Crippen molar-refractivity contribution in [3.8, 4) is 5.75 Å². The largest absolute Gasteiger partial charge is 0.506 e. The Morgan fingerprint density at radius 2 is 1.74 bits per heavy atom. The van der Waals surface area contributed by atoms with E-state index in [-0.39, 0.29) is 34.8 Å². The molecular formula is C22H28ClN5O3. The molecule has 0 radical (unpaired) electrons. The third kappa shape index (κ3) is 5.44. The first-order valence-electron chi connectivity index (χ1n) is 10.3. The van der Waals surface area contributed by atoms with E-state index in [9.17, 15) is 14.7 Å². The summed E-state index contributed by atoms with van der Waals surface area (Å²) in [4.78, 5) is 36.2. The lowest BCUT2D eigenvalue weighted by Crippen LogP contribution is -2.51. The van der Waals surface area contributed by atoms with Gasteiger partial charge >= 0.3 is 0 Å². The molecule has 1 aromatic heterocycles. The molecule has 0 unspecified atom stereocenters. The van der Waals surface area contributed by atoms with E-state index < -0.39 is 0 Å². The van der Waals surface area contributed by atoms with Crippen molar-refractivity contribution in [2.45, 2.75) is 32.6 Å². The number of aromatic hydroxyl groups is 1. The molecule has 2 amide bonds. The van der Waals surface area contributed by atoms with Gasteiger partial charge in [-0.15, -0.1) is 0 Å². The van der Waals surface area contributed by atoms with Crippen molar-refractivity contribution in [1.82, 2.24) is 19.8 Å². The van der Waals surface area contributed by atoms with E-state index in [0.717, 1.165) is 12.0 Å². The molecule has 2 N–H and O–H groups in total. The van der Waals surface area contributed by atoms with Crippen LogP contribution in [0.3, 0.4) is 0 Å². The monoisotopic (exact) mass is 445 g/mol. The van der Waals surface area contributed by atoms with Gasteiger partial charge in [0.2, 0.25) is 11.2 Å². The zero-order valence-electron chi connectivity index (χ0n) is 18.1. The van der Waals surface area contributed by atoms with Crippen LogP contribution in [0.15, 0.2) is 30.6 Å². The minimum Gasteiger partial charge on any atom is -0.506 e. The van der Waals surface area contributed by atoms with Crippen LogP contribution >= 0.6 is 11.6 Å². The van der Waals surface area contributed by atoms with Gasteiger partial charge in [0.05, 0.1) is 17.8 Å². The number of phenols is 1. The number of hydrogen-bond acceptors (Lipinski definition) is 6. The van der Waals surface area contributed by atoms with Crippen molar-refractivity contribution in [2.75, 3.05) is 38.0 Å². The van der Waals surface area contributed by atoms with E-state index >= 15 is 0 Å². The summed E-state index contributed by atoms with van der Waals surface area (Å²) in [5.74, 6) is -0.146. The number of aromatic nitrogens is 2. The summed E-state index contributed by atoms with van der Waals surface area (Å²) in [6.07, 6.45) is 3.76. The van der Waals surface area contributed by atoms with Gasteiger partial charge in [0, 0.05) is 38.6 Å². The zero-order chi connectivity index (χ0) is 22.6. The predicted molar refractivity (Wildman–Crippen MR) is 119 cm³/mol. The van der Waals surface area contributed by atoms with Crippen LogP contribution in [-0.4, -0.2) is 69.4 Å². The van der Waals surface area contributed by atoms with E-state index in [1.807, 2.05) is 12.1 Å². The fraction of sp³-hybridized carbons (Fsp3) is 0.455. The number of carbonyl (C=O) groups excluding carboxylic acids is 2. The fourth-order valence-corrected chi connectivity index (χ4v) is 3.45. The highest BCUT2D eigenvalue weighted by atomic mass is 35.5. The molecule has 1 aromatic carbocycles. The number of phenolic OH excluding ortho intramolecular Hbond substituents is 1. The second-order valence-electron chi connectivity index (χ2n) is 8.24. The topological polar surface area (TPSA) is 98.7 Å². The van der Waals surface area contributed by atoms with Crippen LogP contribution in [-0.2, 0) is 10.2 Å². The molecule has 9 heteroatoms. The van der Waals surface area contributed by atoms with Crippen molar-refractivity contribution in [2.24, 2.45) is 0 Å². The molecule has 1 aliphatic heterocycles. The maximum absolute atomic E-state index is 12.6. The summed E-state index contributed by atoms with van der Waals surface area (Å²) in [5, 5.41) is 13.3. The SMILES string of the molecule is CCC(C)(C)c1ccc(O)c(NCC(=O)N2CCN(C(=O)c3cnc(Cl)nc3)CC2)c1. The maximum atomic E-state index is 12.6. The summed E-state index contributed by atoms with van der Waals surface area (Å²) < 4.78 is 0. The summed E-state index contributed by atoms with van der Waals surface area (Å²) in [5.41, 5.74) is 1.99. The number of amides is 2. The molecule has 31 heavy (non-hydrogen) atoms. The van der Waals surface area contributed by atoms with E-state index in [1.54, 1.807) is 15.9 Å². The van der Waals surface area contributed by atoms with Crippen molar-refractivity contribution in [3.05, 3.63) is 47.0 Å². The lowest BCUT2D eigenvalue weighted by molar-refractivity contribution is -0.130. The van der Waals surface area contributed by atoms with Crippen LogP contribution in [0, 0.1) is 0 Å². The van der Waals surface area contributed by atoms with E-state index in [0.29, 0.717) is 37.4 Å². The summed E-state index contributed by atoms with van der Waals surface area (Å²) in [6.45, 7) is 8.22. The summed E-state index contributed by atoms with van der Waals surface area (Å²) in [6, 6.07) is 5.47. The molecule has 0 atom stereocenters. The number of halogens is 1. The average molecular weight is 446 g/mol. The Bertz CT molecular complexity index is 941. The van der Waals surface area contributed by atoms with Crippen LogP contribution in [0.5, 0.6) is 5.75 Å². The van der Waals surface area contributed by atoms with Gasteiger partial charge in [0.1, 0.15) is 5.75 Å². The Hall–Kier alpha value is -2.87. The molecule has 1 saturated heterocycles. The molecule has 1 fully saturated rings. The minimum absolute atomic E-state index is 0.0217. The molecule has 8 nitrogen and oxygen atoms in total. The lowest BCUT2D eigenvalue weighted by Gasteiger charge is -2.34. The highest BCUT2D eigenvalue weighted by Gasteiger charge is 2.25. The highest BCUT2D eigenvalue weighted by Crippen LogP contribution is 2.32. The number of hydrogen-bond donors (Lipinski definition) is 2. The van der Waals surface area contributed by atoms with Gasteiger partial charge in [0.15, 0.2) is 0 Å². The lowest BCUT2D eigenvalue weighted by atomic mass is 9.82. The summed E-state index contributed by atoms with van der Waals surface area (Å²) >= 11 is 5.67. The van der Waals surface area contributed by atoms with Gasteiger partial charge in [-0.05, 0) is 41.1 Å². The number of nitrogens with one attached hydrogen (secondary N) is 1. The molecule has 2 aromatic rings. The van der Waals surface area contributed by atoms with E-state index in [4.69, 9.17) is 11.6 Å². The van der Waals surface area contributed by atoms with Crippen molar-refractivity contribution in [1.29, 1.82) is 0 Å². The normalized spacial score (nSPS) is 14.5. The number of rotatable bonds is 6. The Kier molecular flexibility index (Phi) is 7.00. The van der Waals surface area contributed by atoms with Gasteiger partial charge in [-0.1, -0.05) is 26.8 Å². The second kappa shape index (κ2) is 9.51. The van der Waals surface area contributed by atoms with Crippen LogP contribution in [0.25, 0.3) is 0 Å². The van der Waals surface area contributed by atoms with E-state index in [1.165, 1.54) is 12.4 Å². The van der Waals surface area contributed by atoms with Crippen LogP contribution in [0.1, 0.15) is 43.1 Å². The van der Waals surface area contributed by atoms with Gasteiger partial charge in [-0.2, -0.15) is 0 Å². The van der Waals surface area contributed by atoms with Crippen molar-refractivity contribution < 1.29 is 14.7 Å². The maximum Gasteiger partial charge on any atom is 0.257 e. The Labute approximate surface area is 187 Å². The molecule has 2 heterocycles. The Morgan fingerprint density at radius 1 is 1.13 bits per heavy atom. The molecular weight excluding hydrogens is 418 g/mol. The molecule has 0 aliphatic carbocycles. The first kappa shape index (κ1) is 22.8. The zero-order valence-corrected chi connectivity index (χ0v) is 18.8. The standard InChI is InChI=1S/C22H28ClN5O3/c1-4-22(2,3)16-5-6-18(29)17(11-16)24-14-19(30)27-7-9-28(10-8-27)20(31)15-12-25-21(23)26-13-15/h5-6,11-13,24,29H,4,7-10,14H2,1-3H3. The smallest absolute Gasteiger partial charge is 0.257 e. The minimum atomic E-state index is -0.179. The Balaban J connectivity index is 1.54. The number of anilines is 1. The second-order valence-corrected chi connectivity index (χ2v) is 8.57. The molecule has 1 aliphatic rings. The average Bonchev–Trinajstić information content (AvgIpc) is 2.78. The third-order valence-electron chi connectivity index (χ3n) is 5.88. The molecule has 0 spiro atoms. The Morgan fingerprint density at radius 3 is 2.35 bits per heavy atom.